The van der Waals surface area contributed by atoms with E-state index in [9.17, 15) is 4.79 Å². The summed E-state index contributed by atoms with van der Waals surface area (Å²) in [7, 11) is 0. The van der Waals surface area contributed by atoms with E-state index in [1.165, 1.54) is 0 Å². The maximum absolute atomic E-state index is 11.0. The van der Waals surface area contributed by atoms with Gasteiger partial charge in [0.2, 0.25) is 0 Å². The molecule has 1 fully saturated rings. The molecular formula is C7H14NO3+. The fourth-order valence-electron chi connectivity index (χ4n) is 1.25. The molecule has 0 radical (unpaired) electrons. The standard InChI is InChI=1S/C7H13NO3/c1-2-11-7(10)6-3-5(9)4-8-6/h5-6,8-9H,2-4H2,1H3/p+1/t5-,6-/m0/s1. The first-order chi connectivity index (χ1) is 5.24. The number of aliphatic hydroxyl groups excluding tert-OH is 1. The molecule has 64 valence electrons. The number of ether oxygens (including phenoxy) is 1. The third-order valence-corrected chi connectivity index (χ3v) is 1.81. The molecular weight excluding hydrogens is 146 g/mol. The second kappa shape index (κ2) is 3.69. The molecule has 0 saturated carbocycles. The van der Waals surface area contributed by atoms with Gasteiger partial charge in [-0.2, -0.15) is 0 Å². The van der Waals surface area contributed by atoms with E-state index in [4.69, 9.17) is 9.84 Å². The smallest absolute Gasteiger partial charge is 0.364 e. The third-order valence-electron chi connectivity index (χ3n) is 1.81. The van der Waals surface area contributed by atoms with Gasteiger partial charge in [-0.3, -0.25) is 0 Å². The molecule has 4 heteroatoms. The van der Waals surface area contributed by atoms with Gasteiger partial charge >= 0.3 is 5.97 Å². The molecule has 1 aliphatic heterocycles. The van der Waals surface area contributed by atoms with Crippen LogP contribution in [0.3, 0.4) is 0 Å². The minimum Gasteiger partial charge on any atom is -0.462 e. The van der Waals surface area contributed by atoms with E-state index in [1.54, 1.807) is 6.92 Å². The fraction of sp³-hybridized carbons (Fsp3) is 0.857. The maximum atomic E-state index is 11.0. The number of hydrogen-bond acceptors (Lipinski definition) is 3. The lowest BCUT2D eigenvalue weighted by Gasteiger charge is -2.04. The van der Waals surface area contributed by atoms with Gasteiger partial charge in [-0.25, -0.2) is 4.79 Å². The van der Waals surface area contributed by atoms with Crippen molar-refractivity contribution in [1.82, 2.24) is 0 Å². The molecule has 0 aliphatic carbocycles. The molecule has 3 N–H and O–H groups in total. The SMILES string of the molecule is CCOC(=O)[C@@H]1C[C@H](O)C[NH2+]1. The van der Waals surface area contributed by atoms with Gasteiger partial charge in [-0.05, 0) is 6.92 Å². The van der Waals surface area contributed by atoms with Gasteiger partial charge < -0.3 is 15.2 Å². The number of esters is 1. The number of aliphatic hydroxyl groups is 1. The number of quaternary nitrogens is 1. The maximum Gasteiger partial charge on any atom is 0.364 e. The van der Waals surface area contributed by atoms with Crippen LogP contribution in [-0.4, -0.2) is 36.4 Å². The van der Waals surface area contributed by atoms with Crippen molar-refractivity contribution in [3.8, 4) is 0 Å². The third kappa shape index (κ3) is 2.17. The topological polar surface area (TPSA) is 63.1 Å². The highest BCUT2D eigenvalue weighted by Crippen LogP contribution is 2.00. The Bertz CT molecular complexity index is 149. The van der Waals surface area contributed by atoms with Gasteiger partial charge in [0.15, 0.2) is 6.04 Å². The summed E-state index contributed by atoms with van der Waals surface area (Å²) < 4.78 is 4.79. The van der Waals surface area contributed by atoms with Gasteiger partial charge in [0, 0.05) is 6.42 Å². The van der Waals surface area contributed by atoms with Crippen LogP contribution in [0, 0.1) is 0 Å². The van der Waals surface area contributed by atoms with E-state index in [0.717, 1.165) is 0 Å². The second-order valence-electron chi connectivity index (χ2n) is 2.72. The Morgan fingerprint density at radius 1 is 1.82 bits per heavy atom. The molecule has 0 unspecified atom stereocenters. The van der Waals surface area contributed by atoms with E-state index in [1.807, 2.05) is 5.32 Å². The predicted octanol–water partition coefficient (Wildman–Crippen LogP) is -1.75. The first kappa shape index (κ1) is 8.49. The molecule has 1 rings (SSSR count). The van der Waals surface area contributed by atoms with E-state index in [0.29, 0.717) is 19.6 Å². The first-order valence-corrected chi connectivity index (χ1v) is 3.92. The van der Waals surface area contributed by atoms with Crippen molar-refractivity contribution in [3.05, 3.63) is 0 Å². The Morgan fingerprint density at radius 2 is 2.55 bits per heavy atom. The van der Waals surface area contributed by atoms with Crippen molar-refractivity contribution < 1.29 is 20.0 Å². The van der Waals surface area contributed by atoms with Crippen LogP contribution in [0.4, 0.5) is 0 Å². The van der Waals surface area contributed by atoms with Crippen molar-refractivity contribution in [2.24, 2.45) is 0 Å². The van der Waals surface area contributed by atoms with Gasteiger partial charge in [-0.15, -0.1) is 0 Å². The fourth-order valence-corrected chi connectivity index (χ4v) is 1.25. The molecule has 0 aromatic rings. The van der Waals surface area contributed by atoms with E-state index >= 15 is 0 Å². The average molecular weight is 160 g/mol. The minimum atomic E-state index is -0.343. The molecule has 0 aromatic heterocycles. The van der Waals surface area contributed by atoms with Gasteiger partial charge in [-0.1, -0.05) is 0 Å². The number of carbonyl (C=O) groups excluding carboxylic acids is 1. The Hall–Kier alpha value is -0.610. The first-order valence-electron chi connectivity index (χ1n) is 3.92. The molecule has 1 heterocycles. The zero-order chi connectivity index (χ0) is 8.27. The number of hydrogen-bond donors (Lipinski definition) is 2. The lowest BCUT2D eigenvalue weighted by atomic mass is 10.2. The largest absolute Gasteiger partial charge is 0.462 e. The Kier molecular flexibility index (Phi) is 2.84. The summed E-state index contributed by atoms with van der Waals surface area (Å²) in [5.41, 5.74) is 0. The summed E-state index contributed by atoms with van der Waals surface area (Å²) in [5, 5.41) is 10.9. The van der Waals surface area contributed by atoms with Gasteiger partial charge in [0.05, 0.1) is 6.61 Å². The molecule has 1 aliphatic rings. The summed E-state index contributed by atoms with van der Waals surface area (Å²) in [6.07, 6.45) is 0.183. The Balaban J connectivity index is 2.31. The quantitative estimate of drug-likeness (QED) is 0.471. The summed E-state index contributed by atoms with van der Waals surface area (Å²) in [4.78, 5) is 11.0. The molecule has 0 amide bonds. The molecule has 11 heavy (non-hydrogen) atoms. The molecule has 1 saturated heterocycles. The van der Waals surface area contributed by atoms with E-state index in [2.05, 4.69) is 0 Å². The lowest BCUT2D eigenvalue weighted by Crippen LogP contribution is -2.89. The van der Waals surface area contributed by atoms with E-state index < -0.39 is 0 Å². The number of nitrogens with two attached hydrogens (primary N) is 1. The average Bonchev–Trinajstić information content (AvgIpc) is 2.36. The summed E-state index contributed by atoms with van der Waals surface area (Å²) in [6, 6.07) is -0.176. The predicted molar refractivity (Wildman–Crippen MR) is 37.8 cm³/mol. The highest BCUT2D eigenvalue weighted by Gasteiger charge is 2.33. The van der Waals surface area contributed by atoms with Crippen LogP contribution < -0.4 is 5.32 Å². The van der Waals surface area contributed by atoms with Crippen molar-refractivity contribution >= 4 is 5.97 Å². The minimum absolute atomic E-state index is 0.176. The summed E-state index contributed by atoms with van der Waals surface area (Å²) in [6.45, 7) is 2.81. The number of carbonyl (C=O) groups is 1. The lowest BCUT2D eigenvalue weighted by molar-refractivity contribution is -0.661. The van der Waals surface area contributed by atoms with Crippen LogP contribution in [0.1, 0.15) is 13.3 Å². The molecule has 0 bridgehead atoms. The van der Waals surface area contributed by atoms with E-state index in [-0.39, 0.29) is 18.1 Å². The van der Waals surface area contributed by atoms with Crippen molar-refractivity contribution in [2.45, 2.75) is 25.5 Å². The van der Waals surface area contributed by atoms with Crippen LogP contribution in [0.25, 0.3) is 0 Å². The van der Waals surface area contributed by atoms with Crippen LogP contribution in [0.2, 0.25) is 0 Å². The highest BCUT2D eigenvalue weighted by atomic mass is 16.5. The number of rotatable bonds is 2. The molecule has 0 spiro atoms. The second-order valence-corrected chi connectivity index (χ2v) is 2.72. The Labute approximate surface area is 65.5 Å². The van der Waals surface area contributed by atoms with Crippen molar-refractivity contribution in [1.29, 1.82) is 0 Å². The van der Waals surface area contributed by atoms with Crippen molar-refractivity contribution in [3.63, 3.8) is 0 Å². The monoisotopic (exact) mass is 160 g/mol. The zero-order valence-corrected chi connectivity index (χ0v) is 6.62. The van der Waals surface area contributed by atoms with Crippen LogP contribution >= 0.6 is 0 Å². The van der Waals surface area contributed by atoms with Crippen LogP contribution in [0.15, 0.2) is 0 Å². The summed E-state index contributed by atoms with van der Waals surface area (Å²) in [5.74, 6) is -0.205. The zero-order valence-electron chi connectivity index (χ0n) is 6.62. The highest BCUT2D eigenvalue weighted by molar-refractivity contribution is 5.74. The molecule has 2 atom stereocenters. The summed E-state index contributed by atoms with van der Waals surface area (Å²) >= 11 is 0. The van der Waals surface area contributed by atoms with Gasteiger partial charge in [0.1, 0.15) is 12.6 Å². The van der Waals surface area contributed by atoms with Crippen molar-refractivity contribution in [2.75, 3.05) is 13.2 Å². The van der Waals surface area contributed by atoms with Gasteiger partial charge in [0.25, 0.3) is 0 Å². The van der Waals surface area contributed by atoms with Crippen LogP contribution in [0.5, 0.6) is 0 Å². The normalized spacial score (nSPS) is 30.4. The molecule has 4 nitrogen and oxygen atoms in total. The molecule has 0 aromatic carbocycles. The van der Waals surface area contributed by atoms with Crippen LogP contribution in [-0.2, 0) is 9.53 Å². The Morgan fingerprint density at radius 3 is 3.00 bits per heavy atom.